The molecule has 16 heavy (non-hydrogen) atoms. The average molecular weight is 263 g/mol. The summed E-state index contributed by atoms with van der Waals surface area (Å²) in [6.45, 7) is 6.88. The summed E-state index contributed by atoms with van der Waals surface area (Å²) in [6.07, 6.45) is 1.37. The molecule has 1 aliphatic rings. The lowest BCUT2D eigenvalue weighted by Gasteiger charge is -2.17. The molecule has 0 aromatic rings. The van der Waals surface area contributed by atoms with Crippen molar-refractivity contribution < 1.29 is 9.53 Å². The minimum absolute atomic E-state index is 0.130. The summed E-state index contributed by atoms with van der Waals surface area (Å²) in [6, 6.07) is 0. The van der Waals surface area contributed by atoms with E-state index >= 15 is 0 Å². The van der Waals surface area contributed by atoms with Gasteiger partial charge in [-0.25, -0.2) is 0 Å². The van der Waals surface area contributed by atoms with Crippen molar-refractivity contribution >= 4 is 29.2 Å². The van der Waals surface area contributed by atoms with Crippen LogP contribution in [0, 0.1) is 17.3 Å². The van der Waals surface area contributed by atoms with Crippen LogP contribution in [0.2, 0.25) is 0 Å². The molecule has 1 atom stereocenters. The van der Waals surface area contributed by atoms with Crippen LogP contribution in [0.1, 0.15) is 40.5 Å². The molecule has 0 heterocycles. The molecule has 1 aliphatic carbocycles. The fraction of sp³-hybridized carbons (Fsp3) is 0.750. The molecule has 0 aromatic heterocycles. The largest absolute Gasteiger partial charge is 0.447 e. The van der Waals surface area contributed by atoms with Gasteiger partial charge in [0.1, 0.15) is 4.33 Å². The molecule has 1 saturated carbocycles. The second kappa shape index (κ2) is 4.13. The lowest BCUT2D eigenvalue weighted by molar-refractivity contribution is -0.148. The van der Waals surface area contributed by atoms with Gasteiger partial charge in [0.2, 0.25) is 0 Å². The number of ether oxygens (including phenoxy) is 1. The van der Waals surface area contributed by atoms with Crippen LogP contribution in [0.15, 0.2) is 0 Å². The molecule has 0 unspecified atom stereocenters. The van der Waals surface area contributed by atoms with Crippen molar-refractivity contribution in [3.05, 3.63) is 0 Å². The molecule has 2 nitrogen and oxygen atoms in total. The second-order valence-corrected chi connectivity index (χ2v) is 6.51. The summed E-state index contributed by atoms with van der Waals surface area (Å²) in [5, 5.41) is 0. The lowest BCUT2D eigenvalue weighted by atomic mass is 10.0. The highest BCUT2D eigenvalue weighted by atomic mass is 35.5. The first kappa shape index (κ1) is 13.7. The predicted molar refractivity (Wildman–Crippen MR) is 65.4 cm³/mol. The monoisotopic (exact) mass is 262 g/mol. The number of carbonyl (C=O) groups is 1. The van der Waals surface area contributed by atoms with Gasteiger partial charge in [-0.05, 0) is 20.3 Å². The zero-order valence-corrected chi connectivity index (χ0v) is 11.5. The molecule has 0 amide bonds. The highest BCUT2D eigenvalue weighted by Gasteiger charge is 2.62. The molecule has 0 bridgehead atoms. The number of hydrogen-bond donors (Lipinski definition) is 0. The highest BCUT2D eigenvalue weighted by molar-refractivity contribution is 6.51. The molecular formula is C12H16Cl2O2. The van der Waals surface area contributed by atoms with Crippen LogP contribution in [-0.2, 0) is 9.53 Å². The van der Waals surface area contributed by atoms with E-state index in [-0.39, 0.29) is 11.4 Å². The number of esters is 1. The van der Waals surface area contributed by atoms with E-state index in [2.05, 4.69) is 11.8 Å². The Kier molecular flexibility index (Phi) is 3.53. The Morgan fingerprint density at radius 1 is 1.50 bits per heavy atom. The first-order chi connectivity index (χ1) is 7.08. The van der Waals surface area contributed by atoms with Crippen molar-refractivity contribution in [2.45, 2.75) is 50.5 Å². The first-order valence-electron chi connectivity index (χ1n) is 5.15. The fourth-order valence-electron chi connectivity index (χ4n) is 1.47. The molecule has 0 radical (unpaired) electrons. The number of rotatable bonds is 2. The summed E-state index contributed by atoms with van der Waals surface area (Å²) < 4.78 is 4.40. The van der Waals surface area contributed by atoms with Gasteiger partial charge in [-0.15, -0.1) is 23.2 Å². The Morgan fingerprint density at radius 2 is 2.00 bits per heavy atom. The maximum Gasteiger partial charge on any atom is 0.304 e. The van der Waals surface area contributed by atoms with Crippen LogP contribution in [-0.4, -0.2) is 15.9 Å². The van der Waals surface area contributed by atoms with Crippen molar-refractivity contribution in [1.82, 2.24) is 0 Å². The Morgan fingerprint density at radius 3 is 2.38 bits per heavy atom. The predicted octanol–water partition coefficient (Wildman–Crippen LogP) is 3.31. The third-order valence-electron chi connectivity index (χ3n) is 2.64. The van der Waals surface area contributed by atoms with Gasteiger partial charge in [-0.2, -0.15) is 0 Å². The summed E-state index contributed by atoms with van der Waals surface area (Å²) in [4.78, 5) is 10.8. The van der Waals surface area contributed by atoms with E-state index in [4.69, 9.17) is 27.9 Å². The fourth-order valence-corrected chi connectivity index (χ4v) is 2.20. The molecule has 1 fully saturated rings. The second-order valence-electron chi connectivity index (χ2n) is 5.02. The quantitative estimate of drug-likeness (QED) is 0.434. The van der Waals surface area contributed by atoms with Crippen LogP contribution in [0.3, 0.4) is 0 Å². The molecule has 0 spiro atoms. The maximum atomic E-state index is 10.8. The van der Waals surface area contributed by atoms with Gasteiger partial charge in [0, 0.05) is 18.8 Å². The Labute approximate surface area is 107 Å². The van der Waals surface area contributed by atoms with Crippen LogP contribution < -0.4 is 0 Å². The summed E-state index contributed by atoms with van der Waals surface area (Å²) in [5.41, 5.74) is -0.881. The van der Waals surface area contributed by atoms with Crippen LogP contribution >= 0.6 is 23.2 Å². The Balaban J connectivity index is 2.53. The van der Waals surface area contributed by atoms with E-state index in [0.29, 0.717) is 6.42 Å². The topological polar surface area (TPSA) is 26.3 Å². The number of alkyl halides is 2. The van der Waals surface area contributed by atoms with Crippen LogP contribution in [0.25, 0.3) is 0 Å². The molecule has 0 saturated heterocycles. The normalized spacial score (nSPS) is 26.6. The molecule has 0 N–H and O–H groups in total. The first-order valence-corrected chi connectivity index (χ1v) is 5.91. The number of halogens is 2. The van der Waals surface area contributed by atoms with Gasteiger partial charge in [0.25, 0.3) is 0 Å². The summed E-state index contributed by atoms with van der Waals surface area (Å²) in [5.74, 6) is 5.57. The Bertz CT molecular complexity index is 363. The van der Waals surface area contributed by atoms with E-state index in [1.54, 1.807) is 13.8 Å². The van der Waals surface area contributed by atoms with Crippen LogP contribution in [0.5, 0.6) is 0 Å². The molecule has 0 aliphatic heterocycles. The standard InChI is InChI=1S/C12H16Cl2O2/c1-9(15)16-10(2,3)6-5-7-11(4)8-12(11,13)14/h7-8H2,1-4H3/t11-/m1/s1. The van der Waals surface area contributed by atoms with Gasteiger partial charge >= 0.3 is 5.97 Å². The van der Waals surface area contributed by atoms with Gasteiger partial charge in [-0.3, -0.25) is 4.79 Å². The summed E-state index contributed by atoms with van der Waals surface area (Å²) in [7, 11) is 0. The third kappa shape index (κ3) is 3.30. The van der Waals surface area contributed by atoms with Gasteiger partial charge in [-0.1, -0.05) is 18.8 Å². The zero-order chi connectivity index (χ0) is 12.6. The Hall–Kier alpha value is -0.390. The lowest BCUT2D eigenvalue weighted by Crippen LogP contribution is -2.24. The van der Waals surface area contributed by atoms with E-state index in [1.165, 1.54) is 6.92 Å². The molecule has 4 heteroatoms. The molecular weight excluding hydrogens is 247 g/mol. The maximum absolute atomic E-state index is 10.8. The minimum Gasteiger partial charge on any atom is -0.447 e. The van der Waals surface area contributed by atoms with Gasteiger partial charge in [0.15, 0.2) is 5.60 Å². The van der Waals surface area contributed by atoms with Crippen molar-refractivity contribution in [2.24, 2.45) is 5.41 Å². The van der Waals surface area contributed by atoms with Crippen molar-refractivity contribution in [3.8, 4) is 11.8 Å². The van der Waals surface area contributed by atoms with Crippen LogP contribution in [0.4, 0.5) is 0 Å². The van der Waals surface area contributed by atoms with Gasteiger partial charge < -0.3 is 4.74 Å². The van der Waals surface area contributed by atoms with E-state index in [1.807, 2.05) is 6.92 Å². The minimum atomic E-state index is -0.752. The SMILES string of the molecule is CC(=O)OC(C)(C)C#CC[C@]1(C)CC1(Cl)Cl. The van der Waals surface area contributed by atoms with E-state index in [0.717, 1.165) is 6.42 Å². The highest BCUT2D eigenvalue weighted by Crippen LogP contribution is 2.65. The number of hydrogen-bond acceptors (Lipinski definition) is 2. The van der Waals surface area contributed by atoms with Crippen molar-refractivity contribution in [3.63, 3.8) is 0 Å². The molecule has 90 valence electrons. The average Bonchev–Trinajstić information content (AvgIpc) is 2.46. The number of carbonyl (C=O) groups excluding carboxylic acids is 1. The van der Waals surface area contributed by atoms with Gasteiger partial charge in [0.05, 0.1) is 0 Å². The van der Waals surface area contributed by atoms with E-state index in [9.17, 15) is 4.79 Å². The summed E-state index contributed by atoms with van der Waals surface area (Å²) >= 11 is 12.0. The molecule has 1 rings (SSSR count). The van der Waals surface area contributed by atoms with E-state index < -0.39 is 9.93 Å². The smallest absolute Gasteiger partial charge is 0.304 e. The third-order valence-corrected chi connectivity index (χ3v) is 3.82. The zero-order valence-electron chi connectivity index (χ0n) is 9.99. The van der Waals surface area contributed by atoms with Crippen molar-refractivity contribution in [1.29, 1.82) is 0 Å². The molecule has 0 aromatic carbocycles. The van der Waals surface area contributed by atoms with Crippen molar-refractivity contribution in [2.75, 3.05) is 0 Å².